The molecule has 0 aromatic heterocycles. The molecule has 2 unspecified atom stereocenters. The third-order valence-corrected chi connectivity index (χ3v) is 4.07. The van der Waals surface area contributed by atoms with E-state index in [-0.39, 0.29) is 5.60 Å². The SMILES string of the molecule is CC(Cc1ccccc1Cl)NC1CCOC(C)(C)C1. The maximum absolute atomic E-state index is 6.21. The Morgan fingerprint density at radius 3 is 2.84 bits per heavy atom. The summed E-state index contributed by atoms with van der Waals surface area (Å²) in [5.74, 6) is 0. The van der Waals surface area contributed by atoms with Crippen molar-refractivity contribution in [3.63, 3.8) is 0 Å². The van der Waals surface area contributed by atoms with Gasteiger partial charge in [-0.1, -0.05) is 29.8 Å². The van der Waals surface area contributed by atoms with Crippen LogP contribution in [-0.4, -0.2) is 24.3 Å². The van der Waals surface area contributed by atoms with Crippen LogP contribution in [0.15, 0.2) is 24.3 Å². The zero-order valence-electron chi connectivity index (χ0n) is 12.1. The van der Waals surface area contributed by atoms with Crippen molar-refractivity contribution < 1.29 is 4.74 Å². The van der Waals surface area contributed by atoms with Gasteiger partial charge < -0.3 is 10.1 Å². The van der Waals surface area contributed by atoms with Crippen molar-refractivity contribution in [3.8, 4) is 0 Å². The van der Waals surface area contributed by atoms with Crippen molar-refractivity contribution in [2.75, 3.05) is 6.61 Å². The van der Waals surface area contributed by atoms with Crippen LogP contribution < -0.4 is 5.32 Å². The van der Waals surface area contributed by atoms with Crippen LogP contribution >= 0.6 is 11.6 Å². The van der Waals surface area contributed by atoms with E-state index in [0.29, 0.717) is 12.1 Å². The second-order valence-electron chi connectivity index (χ2n) is 6.16. The molecule has 1 aliphatic heterocycles. The zero-order valence-corrected chi connectivity index (χ0v) is 12.8. The molecule has 19 heavy (non-hydrogen) atoms. The van der Waals surface area contributed by atoms with Crippen LogP contribution in [0.4, 0.5) is 0 Å². The molecule has 0 aliphatic carbocycles. The van der Waals surface area contributed by atoms with Gasteiger partial charge in [0.1, 0.15) is 0 Å². The first-order valence-electron chi connectivity index (χ1n) is 7.10. The van der Waals surface area contributed by atoms with Gasteiger partial charge in [0.2, 0.25) is 0 Å². The van der Waals surface area contributed by atoms with E-state index in [1.54, 1.807) is 0 Å². The van der Waals surface area contributed by atoms with Gasteiger partial charge in [-0.25, -0.2) is 0 Å². The normalized spacial score (nSPS) is 24.1. The summed E-state index contributed by atoms with van der Waals surface area (Å²) in [7, 11) is 0. The first kappa shape index (κ1) is 14.8. The fourth-order valence-corrected chi connectivity index (χ4v) is 3.04. The Bertz CT molecular complexity index is 419. The highest BCUT2D eigenvalue weighted by molar-refractivity contribution is 6.31. The summed E-state index contributed by atoms with van der Waals surface area (Å²) in [5, 5.41) is 4.58. The van der Waals surface area contributed by atoms with Crippen molar-refractivity contribution in [2.24, 2.45) is 0 Å². The molecule has 1 saturated heterocycles. The van der Waals surface area contributed by atoms with Gasteiger partial charge >= 0.3 is 0 Å². The Balaban J connectivity index is 1.88. The number of ether oxygens (including phenoxy) is 1. The number of hydrogen-bond acceptors (Lipinski definition) is 2. The standard InChI is InChI=1S/C16H24ClNO/c1-12(10-13-6-4-5-7-15(13)17)18-14-8-9-19-16(2,3)11-14/h4-7,12,14,18H,8-11H2,1-3H3. The predicted octanol–water partition coefficient (Wildman–Crippen LogP) is 3.82. The molecule has 1 aromatic rings. The lowest BCUT2D eigenvalue weighted by Crippen LogP contribution is -2.47. The summed E-state index contributed by atoms with van der Waals surface area (Å²) in [6, 6.07) is 9.06. The molecular weight excluding hydrogens is 258 g/mol. The van der Waals surface area contributed by atoms with Gasteiger partial charge in [-0.05, 0) is 51.7 Å². The molecule has 2 rings (SSSR count). The van der Waals surface area contributed by atoms with Gasteiger partial charge in [0.25, 0.3) is 0 Å². The Kier molecular flexibility index (Phi) is 4.88. The lowest BCUT2D eigenvalue weighted by Gasteiger charge is -2.37. The van der Waals surface area contributed by atoms with Gasteiger partial charge in [0.05, 0.1) is 5.60 Å². The minimum absolute atomic E-state index is 0.0000284. The third-order valence-electron chi connectivity index (χ3n) is 3.70. The van der Waals surface area contributed by atoms with Crippen LogP contribution in [0.5, 0.6) is 0 Å². The van der Waals surface area contributed by atoms with Crippen LogP contribution in [0.1, 0.15) is 39.2 Å². The highest BCUT2D eigenvalue weighted by atomic mass is 35.5. The quantitative estimate of drug-likeness (QED) is 0.906. The molecule has 2 atom stereocenters. The fourth-order valence-electron chi connectivity index (χ4n) is 2.83. The molecule has 0 bridgehead atoms. The van der Waals surface area contributed by atoms with Gasteiger partial charge in [0, 0.05) is 23.7 Å². The van der Waals surface area contributed by atoms with E-state index < -0.39 is 0 Å². The molecular formula is C16H24ClNO. The first-order valence-corrected chi connectivity index (χ1v) is 7.47. The lowest BCUT2D eigenvalue weighted by atomic mass is 9.93. The van der Waals surface area contributed by atoms with E-state index >= 15 is 0 Å². The Morgan fingerprint density at radius 1 is 1.42 bits per heavy atom. The number of nitrogens with one attached hydrogen (secondary N) is 1. The van der Waals surface area contributed by atoms with Crippen molar-refractivity contribution in [1.29, 1.82) is 0 Å². The summed E-state index contributed by atoms with van der Waals surface area (Å²) < 4.78 is 5.75. The van der Waals surface area contributed by atoms with Crippen LogP contribution in [0, 0.1) is 0 Å². The smallest absolute Gasteiger partial charge is 0.0641 e. The molecule has 0 spiro atoms. The largest absolute Gasteiger partial charge is 0.375 e. The number of rotatable bonds is 4. The highest BCUT2D eigenvalue weighted by Gasteiger charge is 2.29. The van der Waals surface area contributed by atoms with Crippen molar-refractivity contribution in [3.05, 3.63) is 34.9 Å². The predicted molar refractivity (Wildman–Crippen MR) is 80.8 cm³/mol. The van der Waals surface area contributed by atoms with Gasteiger partial charge in [-0.2, -0.15) is 0 Å². The van der Waals surface area contributed by atoms with Crippen molar-refractivity contribution in [1.82, 2.24) is 5.32 Å². The van der Waals surface area contributed by atoms with Crippen LogP contribution in [0.25, 0.3) is 0 Å². The number of halogens is 1. The summed E-state index contributed by atoms with van der Waals surface area (Å²) in [5.41, 5.74) is 1.22. The molecule has 3 heteroatoms. The Hall–Kier alpha value is -0.570. The fraction of sp³-hybridized carbons (Fsp3) is 0.625. The van der Waals surface area contributed by atoms with Gasteiger partial charge in [-0.3, -0.25) is 0 Å². The average Bonchev–Trinajstić information content (AvgIpc) is 2.30. The molecule has 0 saturated carbocycles. The van der Waals surface area contributed by atoms with E-state index in [2.05, 4.69) is 32.2 Å². The molecule has 0 amide bonds. The van der Waals surface area contributed by atoms with E-state index in [4.69, 9.17) is 16.3 Å². The number of benzene rings is 1. The first-order chi connectivity index (χ1) is 8.96. The zero-order chi connectivity index (χ0) is 13.9. The summed E-state index contributed by atoms with van der Waals surface area (Å²) in [6.45, 7) is 7.41. The molecule has 0 radical (unpaired) electrons. The molecule has 1 fully saturated rings. The second-order valence-corrected chi connectivity index (χ2v) is 6.57. The van der Waals surface area contributed by atoms with E-state index in [0.717, 1.165) is 30.9 Å². The molecule has 106 valence electrons. The summed E-state index contributed by atoms with van der Waals surface area (Å²) >= 11 is 6.21. The van der Waals surface area contributed by atoms with E-state index in [1.807, 2.05) is 18.2 Å². The van der Waals surface area contributed by atoms with Crippen LogP contribution in [0.3, 0.4) is 0 Å². The lowest BCUT2D eigenvalue weighted by molar-refractivity contribution is -0.0639. The van der Waals surface area contributed by atoms with Gasteiger partial charge in [-0.15, -0.1) is 0 Å². The minimum Gasteiger partial charge on any atom is -0.375 e. The monoisotopic (exact) mass is 281 g/mol. The van der Waals surface area contributed by atoms with Crippen molar-refractivity contribution in [2.45, 2.75) is 57.7 Å². The van der Waals surface area contributed by atoms with Gasteiger partial charge in [0.15, 0.2) is 0 Å². The maximum atomic E-state index is 6.21. The summed E-state index contributed by atoms with van der Waals surface area (Å²) in [4.78, 5) is 0. The molecule has 1 heterocycles. The Morgan fingerprint density at radius 2 is 2.16 bits per heavy atom. The molecule has 1 aliphatic rings. The Labute approximate surface area is 121 Å². The van der Waals surface area contributed by atoms with Crippen molar-refractivity contribution >= 4 is 11.6 Å². The highest BCUT2D eigenvalue weighted by Crippen LogP contribution is 2.24. The van der Waals surface area contributed by atoms with Crippen LogP contribution in [-0.2, 0) is 11.2 Å². The molecule has 1 N–H and O–H groups in total. The second kappa shape index (κ2) is 6.25. The topological polar surface area (TPSA) is 21.3 Å². The maximum Gasteiger partial charge on any atom is 0.0641 e. The summed E-state index contributed by atoms with van der Waals surface area (Å²) in [6.07, 6.45) is 3.13. The minimum atomic E-state index is 0.0000284. The molecule has 1 aromatic carbocycles. The third kappa shape index (κ3) is 4.48. The van der Waals surface area contributed by atoms with E-state index in [9.17, 15) is 0 Å². The number of hydrogen-bond donors (Lipinski definition) is 1. The van der Waals surface area contributed by atoms with E-state index in [1.165, 1.54) is 5.56 Å². The molecule has 2 nitrogen and oxygen atoms in total. The average molecular weight is 282 g/mol. The van der Waals surface area contributed by atoms with Crippen LogP contribution in [0.2, 0.25) is 5.02 Å².